The van der Waals surface area contributed by atoms with Gasteiger partial charge >= 0.3 is 6.18 Å². The summed E-state index contributed by atoms with van der Waals surface area (Å²) in [4.78, 5) is 13.0. The fraction of sp³-hybridized carbons (Fsp3) is 0.727. The lowest BCUT2D eigenvalue weighted by Gasteiger charge is -2.30. The van der Waals surface area contributed by atoms with Crippen molar-refractivity contribution in [2.24, 2.45) is 5.92 Å². The number of rotatable bonds is 6. The summed E-state index contributed by atoms with van der Waals surface area (Å²) in [7, 11) is 0. The molecular formula is C11H15F3N4OS2. The quantitative estimate of drug-likeness (QED) is 0.805. The first-order valence-electron chi connectivity index (χ1n) is 6.34. The zero-order valence-electron chi connectivity index (χ0n) is 11.3. The van der Waals surface area contributed by atoms with Gasteiger partial charge in [-0.15, -0.1) is 10.2 Å². The number of nitrogens with zero attached hydrogens (tertiary/aromatic N) is 3. The molecule has 1 aromatic rings. The zero-order chi connectivity index (χ0) is 15.6. The largest absolute Gasteiger partial charge is 0.406 e. The Morgan fingerprint density at radius 1 is 1.52 bits per heavy atom. The number of carbonyl (C=O) groups excluding carboxylic acids is 1. The van der Waals surface area contributed by atoms with E-state index in [4.69, 9.17) is 5.73 Å². The second kappa shape index (κ2) is 6.39. The molecule has 21 heavy (non-hydrogen) atoms. The molecule has 1 fully saturated rings. The van der Waals surface area contributed by atoms with Gasteiger partial charge in [0.1, 0.15) is 6.54 Å². The molecule has 0 aromatic carbocycles. The predicted octanol–water partition coefficient (Wildman–Crippen LogP) is 2.40. The molecule has 0 radical (unpaired) electrons. The lowest BCUT2D eigenvalue weighted by Crippen LogP contribution is -2.46. The van der Waals surface area contributed by atoms with Crippen molar-refractivity contribution in [3.8, 4) is 0 Å². The summed E-state index contributed by atoms with van der Waals surface area (Å²) in [5.41, 5.74) is 5.41. The number of amides is 1. The van der Waals surface area contributed by atoms with Crippen molar-refractivity contribution in [2.45, 2.75) is 36.3 Å². The highest BCUT2D eigenvalue weighted by Crippen LogP contribution is 2.36. The highest BCUT2D eigenvalue weighted by molar-refractivity contribution is 8.01. The van der Waals surface area contributed by atoms with Crippen molar-refractivity contribution in [1.29, 1.82) is 0 Å². The summed E-state index contributed by atoms with van der Waals surface area (Å²) in [6.45, 7) is 0.469. The summed E-state index contributed by atoms with van der Waals surface area (Å²) in [5.74, 6) is -0.453. The van der Waals surface area contributed by atoms with Crippen LogP contribution in [0.4, 0.5) is 18.3 Å². The maximum atomic E-state index is 12.6. The second-order valence-corrected chi connectivity index (χ2v) is 7.14. The molecule has 1 saturated carbocycles. The van der Waals surface area contributed by atoms with Crippen LogP contribution in [0.25, 0.3) is 0 Å². The van der Waals surface area contributed by atoms with Crippen LogP contribution in [0, 0.1) is 5.92 Å². The van der Waals surface area contributed by atoms with Crippen LogP contribution in [0.3, 0.4) is 0 Å². The van der Waals surface area contributed by atoms with Gasteiger partial charge < -0.3 is 10.6 Å². The minimum Gasteiger partial charge on any atom is -0.374 e. The molecule has 118 valence electrons. The standard InChI is InChI=1S/C11H15F3N4OS2/c1-6(7-2-3-7)18(5-11(12,13)14)8(19)4-20-10-17-16-9(15)21-10/h6-7H,2-5H2,1H3,(H2,15,16)/t6-/m0/s1. The van der Waals surface area contributed by atoms with Gasteiger partial charge in [-0.2, -0.15) is 13.2 Å². The van der Waals surface area contributed by atoms with Crippen molar-refractivity contribution in [2.75, 3.05) is 18.0 Å². The van der Waals surface area contributed by atoms with Crippen LogP contribution in [0.1, 0.15) is 19.8 Å². The molecule has 1 aromatic heterocycles. The molecule has 0 saturated heterocycles. The smallest absolute Gasteiger partial charge is 0.374 e. The first-order valence-corrected chi connectivity index (χ1v) is 8.14. The predicted molar refractivity (Wildman–Crippen MR) is 75.0 cm³/mol. The lowest BCUT2D eigenvalue weighted by molar-refractivity contribution is -0.164. The SMILES string of the molecule is C[C@@H](C1CC1)N(CC(F)(F)F)C(=O)CSc1nnc(N)s1. The molecule has 1 atom stereocenters. The first-order chi connectivity index (χ1) is 9.76. The van der Waals surface area contributed by atoms with Crippen LogP contribution in [0.2, 0.25) is 0 Å². The number of hydrogen-bond donors (Lipinski definition) is 1. The van der Waals surface area contributed by atoms with Crippen molar-refractivity contribution < 1.29 is 18.0 Å². The van der Waals surface area contributed by atoms with E-state index in [1.807, 2.05) is 0 Å². The Morgan fingerprint density at radius 2 is 2.19 bits per heavy atom. The van der Waals surface area contributed by atoms with Crippen LogP contribution in [-0.4, -0.2) is 45.5 Å². The van der Waals surface area contributed by atoms with Gasteiger partial charge in [-0.3, -0.25) is 4.79 Å². The highest BCUT2D eigenvalue weighted by atomic mass is 32.2. The zero-order valence-corrected chi connectivity index (χ0v) is 12.9. The highest BCUT2D eigenvalue weighted by Gasteiger charge is 2.40. The van der Waals surface area contributed by atoms with Crippen molar-refractivity contribution in [3.63, 3.8) is 0 Å². The fourth-order valence-electron chi connectivity index (χ4n) is 1.97. The molecule has 1 aliphatic carbocycles. The Morgan fingerprint density at radius 3 is 2.67 bits per heavy atom. The van der Waals surface area contributed by atoms with Crippen LogP contribution in [0.15, 0.2) is 4.34 Å². The number of anilines is 1. The van der Waals surface area contributed by atoms with Crippen LogP contribution >= 0.6 is 23.1 Å². The molecule has 1 aliphatic rings. The number of alkyl halides is 3. The van der Waals surface area contributed by atoms with Gasteiger partial charge in [0.25, 0.3) is 0 Å². The first kappa shape index (κ1) is 16.3. The third kappa shape index (κ3) is 5.03. The van der Waals surface area contributed by atoms with E-state index < -0.39 is 18.6 Å². The summed E-state index contributed by atoms with van der Waals surface area (Å²) in [5, 5.41) is 7.59. The van der Waals surface area contributed by atoms with Gasteiger partial charge in [0.05, 0.1) is 5.75 Å². The van der Waals surface area contributed by atoms with E-state index in [1.54, 1.807) is 6.92 Å². The normalized spacial score (nSPS) is 16.8. The maximum Gasteiger partial charge on any atom is 0.406 e. The van der Waals surface area contributed by atoms with Crippen LogP contribution < -0.4 is 5.73 Å². The van der Waals surface area contributed by atoms with E-state index in [0.29, 0.717) is 4.34 Å². The second-order valence-electron chi connectivity index (χ2n) is 4.91. The number of thioether (sulfide) groups is 1. The molecule has 0 bridgehead atoms. The van der Waals surface area contributed by atoms with Gasteiger partial charge in [-0.05, 0) is 25.7 Å². The summed E-state index contributed by atoms with van der Waals surface area (Å²) >= 11 is 2.17. The van der Waals surface area contributed by atoms with E-state index >= 15 is 0 Å². The van der Waals surface area contributed by atoms with E-state index in [0.717, 1.165) is 40.8 Å². The van der Waals surface area contributed by atoms with Crippen molar-refractivity contribution >= 4 is 34.1 Å². The number of hydrogen-bond acceptors (Lipinski definition) is 6. The number of halogens is 3. The number of nitrogens with two attached hydrogens (primary N) is 1. The third-order valence-electron chi connectivity index (χ3n) is 3.21. The minimum atomic E-state index is -4.39. The van der Waals surface area contributed by atoms with E-state index in [-0.39, 0.29) is 22.8 Å². The van der Waals surface area contributed by atoms with Crippen LogP contribution in [0.5, 0.6) is 0 Å². The molecule has 0 spiro atoms. The summed E-state index contributed by atoms with van der Waals surface area (Å²) < 4.78 is 38.4. The Balaban J connectivity index is 1.96. The average Bonchev–Trinajstić information content (AvgIpc) is 3.15. The molecule has 0 unspecified atom stereocenters. The Hall–Kier alpha value is -1.03. The molecule has 0 aliphatic heterocycles. The van der Waals surface area contributed by atoms with E-state index in [1.165, 1.54) is 0 Å². The Labute approximate surface area is 128 Å². The Kier molecular flexibility index (Phi) is 4.97. The number of aromatic nitrogens is 2. The van der Waals surface area contributed by atoms with Gasteiger partial charge in [0, 0.05) is 6.04 Å². The monoisotopic (exact) mass is 340 g/mol. The average molecular weight is 340 g/mol. The molecule has 1 heterocycles. The maximum absolute atomic E-state index is 12.6. The van der Waals surface area contributed by atoms with Gasteiger partial charge in [0.2, 0.25) is 11.0 Å². The summed E-state index contributed by atoms with van der Waals surface area (Å²) in [6, 6.07) is -0.390. The molecule has 5 nitrogen and oxygen atoms in total. The van der Waals surface area contributed by atoms with Crippen LogP contribution in [-0.2, 0) is 4.79 Å². The molecule has 2 rings (SSSR count). The van der Waals surface area contributed by atoms with E-state index in [2.05, 4.69) is 10.2 Å². The van der Waals surface area contributed by atoms with Crippen molar-refractivity contribution in [1.82, 2.24) is 15.1 Å². The molecule has 1 amide bonds. The topological polar surface area (TPSA) is 72.1 Å². The molecule has 10 heteroatoms. The summed E-state index contributed by atoms with van der Waals surface area (Å²) in [6.07, 6.45) is -2.64. The third-order valence-corrected chi connectivity index (χ3v) is 5.08. The fourth-order valence-corrected chi connectivity index (χ4v) is 3.49. The molecule has 2 N–H and O–H groups in total. The molecular weight excluding hydrogens is 325 g/mol. The number of nitrogen functional groups attached to an aromatic ring is 1. The van der Waals surface area contributed by atoms with Crippen molar-refractivity contribution in [3.05, 3.63) is 0 Å². The Bertz CT molecular complexity index is 504. The lowest BCUT2D eigenvalue weighted by atomic mass is 10.2. The van der Waals surface area contributed by atoms with Gasteiger partial charge in [-0.25, -0.2) is 0 Å². The van der Waals surface area contributed by atoms with Gasteiger partial charge in [-0.1, -0.05) is 23.1 Å². The van der Waals surface area contributed by atoms with E-state index in [9.17, 15) is 18.0 Å². The minimum absolute atomic E-state index is 0.0955. The number of carbonyl (C=O) groups is 1. The van der Waals surface area contributed by atoms with Gasteiger partial charge in [0.15, 0.2) is 4.34 Å².